The van der Waals surface area contributed by atoms with Crippen molar-refractivity contribution in [2.45, 2.75) is 4.90 Å². The third-order valence-electron chi connectivity index (χ3n) is 1.63. The number of fused-ring (bicyclic) bond motifs is 1. The fourth-order valence-electron chi connectivity index (χ4n) is 1.08. The number of nitrogens with zero attached hydrogens (tertiary/aromatic N) is 2. The lowest BCUT2D eigenvalue weighted by Gasteiger charge is -1.91. The topological polar surface area (TPSA) is 75.7 Å². The van der Waals surface area contributed by atoms with Gasteiger partial charge < -0.3 is 4.98 Å². The van der Waals surface area contributed by atoms with Gasteiger partial charge >= 0.3 is 10.2 Å². The molecule has 0 fully saturated rings. The van der Waals surface area contributed by atoms with Crippen LogP contribution in [0.1, 0.15) is 0 Å². The van der Waals surface area contributed by atoms with Crippen LogP contribution in [0.4, 0.5) is 3.89 Å². The van der Waals surface area contributed by atoms with E-state index in [0.717, 1.165) is 6.20 Å². The van der Waals surface area contributed by atoms with Crippen LogP contribution in [0.5, 0.6) is 0 Å². The van der Waals surface area contributed by atoms with E-state index in [1.165, 1.54) is 6.07 Å². The van der Waals surface area contributed by atoms with Crippen LogP contribution in [-0.4, -0.2) is 23.6 Å². The Kier molecular flexibility index (Phi) is 1.93. The van der Waals surface area contributed by atoms with Crippen LogP contribution in [0, 0.1) is 0 Å². The zero-order chi connectivity index (χ0) is 10.3. The molecule has 0 aliphatic heterocycles. The molecule has 0 amide bonds. The zero-order valence-electron chi connectivity index (χ0n) is 6.53. The Morgan fingerprint density at radius 2 is 2.14 bits per heavy atom. The van der Waals surface area contributed by atoms with Gasteiger partial charge in [-0.05, 0) is 6.07 Å². The van der Waals surface area contributed by atoms with Crippen LogP contribution in [0.15, 0.2) is 17.2 Å². The number of halogens is 2. The second-order valence-corrected chi connectivity index (χ2v) is 4.22. The van der Waals surface area contributed by atoms with Crippen molar-refractivity contribution in [1.82, 2.24) is 15.2 Å². The van der Waals surface area contributed by atoms with Crippen molar-refractivity contribution < 1.29 is 12.3 Å². The second-order valence-electron chi connectivity index (χ2n) is 2.52. The van der Waals surface area contributed by atoms with Crippen LogP contribution in [-0.2, 0) is 10.2 Å². The summed E-state index contributed by atoms with van der Waals surface area (Å²) < 4.78 is 34.0. The maximum Gasteiger partial charge on any atom is 0.334 e. The van der Waals surface area contributed by atoms with Gasteiger partial charge in [0.1, 0.15) is 4.90 Å². The Morgan fingerprint density at radius 1 is 1.43 bits per heavy atom. The molecule has 0 unspecified atom stereocenters. The molecular formula is C6H3ClFN3O2S. The van der Waals surface area contributed by atoms with E-state index in [4.69, 9.17) is 11.6 Å². The van der Waals surface area contributed by atoms with Crippen molar-refractivity contribution in [3.8, 4) is 0 Å². The highest BCUT2D eigenvalue weighted by atomic mass is 35.5. The number of hydrogen-bond donors (Lipinski definition) is 1. The van der Waals surface area contributed by atoms with Gasteiger partial charge in [0.25, 0.3) is 0 Å². The molecule has 0 spiro atoms. The molecule has 0 aliphatic rings. The summed E-state index contributed by atoms with van der Waals surface area (Å²) in [5.74, 6) is 0. The maximum absolute atomic E-state index is 12.7. The van der Waals surface area contributed by atoms with E-state index >= 15 is 0 Å². The summed E-state index contributed by atoms with van der Waals surface area (Å²) in [6.07, 6.45) is 1.00. The van der Waals surface area contributed by atoms with Crippen LogP contribution in [0.3, 0.4) is 0 Å². The summed E-state index contributed by atoms with van der Waals surface area (Å²) in [6, 6.07) is 1.23. The fourth-order valence-corrected chi connectivity index (χ4v) is 1.84. The van der Waals surface area contributed by atoms with E-state index in [2.05, 4.69) is 15.2 Å². The summed E-state index contributed by atoms with van der Waals surface area (Å²) in [7, 11) is -4.76. The molecule has 2 heterocycles. The number of aromatic amines is 1. The summed E-state index contributed by atoms with van der Waals surface area (Å²) in [5, 5.41) is 7.11. The van der Waals surface area contributed by atoms with Crippen LogP contribution in [0.2, 0.25) is 5.15 Å². The first-order valence-electron chi connectivity index (χ1n) is 3.43. The van der Waals surface area contributed by atoms with Crippen molar-refractivity contribution in [3.63, 3.8) is 0 Å². The summed E-state index contributed by atoms with van der Waals surface area (Å²) in [4.78, 5) is 1.99. The van der Waals surface area contributed by atoms with Gasteiger partial charge in [-0.15, -0.1) is 14.1 Å². The molecule has 8 heteroatoms. The van der Waals surface area contributed by atoms with E-state index in [1.807, 2.05) is 0 Å². The monoisotopic (exact) mass is 235 g/mol. The van der Waals surface area contributed by atoms with Crippen molar-refractivity contribution in [2.75, 3.05) is 0 Å². The molecular weight excluding hydrogens is 233 g/mol. The molecule has 1 N–H and O–H groups in total. The lowest BCUT2D eigenvalue weighted by molar-refractivity contribution is 0.553. The van der Waals surface area contributed by atoms with Crippen molar-refractivity contribution >= 4 is 32.9 Å². The molecule has 0 bridgehead atoms. The number of rotatable bonds is 1. The molecule has 0 aromatic carbocycles. The van der Waals surface area contributed by atoms with E-state index in [9.17, 15) is 12.3 Å². The first kappa shape index (κ1) is 9.35. The number of aromatic nitrogens is 3. The average Bonchev–Trinajstić information content (AvgIpc) is 2.45. The standard InChI is InChI=1S/C6H3ClFN3O2S/c7-5-1-3-4(14(8,12)13)2-9-6(3)11-10-5/h1-2H,(H,9,11). The largest absolute Gasteiger partial charge is 0.343 e. The molecule has 2 aromatic heterocycles. The zero-order valence-corrected chi connectivity index (χ0v) is 8.10. The van der Waals surface area contributed by atoms with E-state index in [-0.39, 0.29) is 16.2 Å². The molecule has 0 aliphatic carbocycles. The Labute approximate surface area is 83.1 Å². The first-order chi connectivity index (χ1) is 6.48. The molecule has 5 nitrogen and oxygen atoms in total. The van der Waals surface area contributed by atoms with Gasteiger partial charge in [0.2, 0.25) is 0 Å². The lowest BCUT2D eigenvalue weighted by Crippen LogP contribution is -1.90. The highest BCUT2D eigenvalue weighted by molar-refractivity contribution is 7.86. The molecule has 0 radical (unpaired) electrons. The molecule has 0 saturated heterocycles. The van der Waals surface area contributed by atoms with Gasteiger partial charge in [-0.1, -0.05) is 11.6 Å². The number of hydrogen-bond acceptors (Lipinski definition) is 4. The maximum atomic E-state index is 12.7. The molecule has 0 atom stereocenters. The predicted octanol–water partition coefficient (Wildman–Crippen LogP) is 1.27. The molecule has 0 saturated carbocycles. The minimum Gasteiger partial charge on any atom is -0.343 e. The first-order valence-corrected chi connectivity index (χ1v) is 5.19. The van der Waals surface area contributed by atoms with Crippen LogP contribution >= 0.6 is 11.6 Å². The van der Waals surface area contributed by atoms with Gasteiger partial charge in [-0.3, -0.25) is 0 Å². The van der Waals surface area contributed by atoms with E-state index in [1.54, 1.807) is 0 Å². The normalized spacial score (nSPS) is 12.1. The quantitative estimate of drug-likeness (QED) is 0.756. The number of H-pyrrole nitrogens is 1. The summed E-state index contributed by atoms with van der Waals surface area (Å²) in [5.41, 5.74) is 0.172. The SMILES string of the molecule is O=S(=O)(F)c1c[nH]c2nnc(Cl)cc12. The van der Waals surface area contributed by atoms with Gasteiger partial charge in [-0.2, -0.15) is 8.42 Å². The highest BCUT2D eigenvalue weighted by Gasteiger charge is 2.18. The third-order valence-corrected chi connectivity index (χ3v) is 2.68. The van der Waals surface area contributed by atoms with Crippen LogP contribution < -0.4 is 0 Å². The van der Waals surface area contributed by atoms with Crippen LogP contribution in [0.25, 0.3) is 11.0 Å². The van der Waals surface area contributed by atoms with Crippen molar-refractivity contribution in [1.29, 1.82) is 0 Å². The van der Waals surface area contributed by atoms with Gasteiger partial charge in [0.15, 0.2) is 10.8 Å². The smallest absolute Gasteiger partial charge is 0.334 e. The molecule has 2 rings (SSSR count). The minimum absolute atomic E-state index is 0.00185. The second kappa shape index (κ2) is 2.89. The van der Waals surface area contributed by atoms with Crippen molar-refractivity contribution in [2.24, 2.45) is 0 Å². The van der Waals surface area contributed by atoms with Gasteiger partial charge in [0, 0.05) is 11.6 Å². The van der Waals surface area contributed by atoms with Gasteiger partial charge in [-0.25, -0.2) is 0 Å². The Bertz CT molecular complexity index is 594. The van der Waals surface area contributed by atoms with E-state index < -0.39 is 15.1 Å². The average molecular weight is 236 g/mol. The minimum atomic E-state index is -4.76. The Hall–Kier alpha value is -1.21. The Balaban J connectivity index is 2.87. The van der Waals surface area contributed by atoms with E-state index in [0.29, 0.717) is 0 Å². The van der Waals surface area contributed by atoms with Crippen molar-refractivity contribution in [3.05, 3.63) is 17.4 Å². The fraction of sp³-hybridized carbons (Fsp3) is 0. The summed E-state index contributed by atoms with van der Waals surface area (Å²) in [6.45, 7) is 0. The molecule has 74 valence electrons. The predicted molar refractivity (Wildman–Crippen MR) is 47.2 cm³/mol. The number of nitrogens with one attached hydrogen (secondary N) is 1. The van der Waals surface area contributed by atoms with Gasteiger partial charge in [0.05, 0.1) is 0 Å². The summed E-state index contributed by atoms with van der Waals surface area (Å²) >= 11 is 5.49. The molecule has 2 aromatic rings. The Morgan fingerprint density at radius 3 is 2.79 bits per heavy atom. The lowest BCUT2D eigenvalue weighted by atomic mass is 10.4. The highest BCUT2D eigenvalue weighted by Crippen LogP contribution is 2.23. The molecule has 14 heavy (non-hydrogen) atoms. The third kappa shape index (κ3) is 1.44.